The fourth-order valence-electron chi connectivity index (χ4n) is 2.59. The van der Waals surface area contributed by atoms with Crippen molar-refractivity contribution in [3.05, 3.63) is 69.8 Å². The molecule has 7 nitrogen and oxygen atoms in total. The fraction of sp³-hybridized carbons (Fsp3) is 0.100. The summed E-state index contributed by atoms with van der Waals surface area (Å²) < 4.78 is 5.66. The third-order valence-electron chi connectivity index (χ3n) is 4.14. The van der Waals surface area contributed by atoms with Gasteiger partial charge in [0.25, 0.3) is 11.8 Å². The van der Waals surface area contributed by atoms with Crippen LogP contribution in [0.1, 0.15) is 21.5 Å². The van der Waals surface area contributed by atoms with Crippen molar-refractivity contribution in [2.24, 2.45) is 0 Å². The number of likely N-dealkylation sites (N-methyl/N-ethyl adjacent to an activating group) is 1. The maximum absolute atomic E-state index is 12.2. The Bertz CT molecular complexity index is 1070. The second kappa shape index (κ2) is 8.42. The van der Waals surface area contributed by atoms with Crippen molar-refractivity contribution in [2.75, 3.05) is 7.05 Å². The molecule has 0 aliphatic carbocycles. The van der Waals surface area contributed by atoms with E-state index in [4.69, 9.17) is 33.7 Å². The molecule has 1 heterocycles. The van der Waals surface area contributed by atoms with Gasteiger partial charge >= 0.3 is 5.97 Å². The van der Waals surface area contributed by atoms with Gasteiger partial charge in [0.05, 0.1) is 10.6 Å². The highest BCUT2D eigenvalue weighted by Gasteiger charge is 2.30. The Hall–Kier alpha value is -3.23. The third kappa shape index (κ3) is 4.61. The Morgan fingerprint density at radius 1 is 1.28 bits per heavy atom. The molecule has 9 heteroatoms. The molecule has 3 rings (SSSR count). The van der Waals surface area contributed by atoms with Crippen LogP contribution < -0.4 is 10.1 Å². The Morgan fingerprint density at radius 2 is 2.03 bits per heavy atom. The molecular formula is C20H15ClN2O5S. The number of benzene rings is 2. The van der Waals surface area contributed by atoms with Crippen LogP contribution in [0.4, 0.5) is 0 Å². The Balaban J connectivity index is 1.76. The minimum Gasteiger partial charge on any atom is -0.487 e. The Kier molecular flexibility index (Phi) is 5.95. The molecule has 0 spiro atoms. The normalized spacial score (nSPS) is 15.4. The van der Waals surface area contributed by atoms with Crippen molar-refractivity contribution in [1.82, 2.24) is 10.2 Å². The number of nitrogens with one attached hydrogen (secondary N) is 1. The summed E-state index contributed by atoms with van der Waals surface area (Å²) in [5.74, 6) is -1.72. The van der Waals surface area contributed by atoms with Crippen molar-refractivity contribution < 1.29 is 24.2 Å². The van der Waals surface area contributed by atoms with E-state index < -0.39 is 17.8 Å². The summed E-state index contributed by atoms with van der Waals surface area (Å²) in [6.07, 6.45) is 1.42. The van der Waals surface area contributed by atoms with E-state index in [2.05, 4.69) is 5.32 Å². The molecule has 0 bridgehead atoms. The maximum atomic E-state index is 12.2. The van der Waals surface area contributed by atoms with Gasteiger partial charge in [-0.05, 0) is 53.7 Å². The molecule has 148 valence electrons. The number of carbonyl (C=O) groups excluding carboxylic acids is 2. The average Bonchev–Trinajstić information content (AvgIpc) is 2.69. The van der Waals surface area contributed by atoms with Gasteiger partial charge in [0, 0.05) is 7.05 Å². The molecule has 0 radical (unpaired) electrons. The van der Waals surface area contributed by atoms with Gasteiger partial charge in [0.1, 0.15) is 17.9 Å². The molecule has 1 fully saturated rings. The number of nitrogens with zero attached hydrogens (tertiary/aromatic N) is 1. The summed E-state index contributed by atoms with van der Waals surface area (Å²) in [7, 11) is 1.47. The molecule has 2 N–H and O–H groups in total. The first-order valence-electron chi connectivity index (χ1n) is 8.36. The molecule has 2 aromatic carbocycles. The van der Waals surface area contributed by atoms with Crippen molar-refractivity contribution in [2.45, 2.75) is 6.61 Å². The van der Waals surface area contributed by atoms with Crippen LogP contribution in [0.5, 0.6) is 5.75 Å². The van der Waals surface area contributed by atoms with E-state index in [1.54, 1.807) is 30.3 Å². The molecule has 1 aliphatic rings. The van der Waals surface area contributed by atoms with E-state index in [0.29, 0.717) is 16.9 Å². The Morgan fingerprint density at radius 3 is 2.72 bits per heavy atom. The number of hydrogen-bond acceptors (Lipinski definition) is 5. The van der Waals surface area contributed by atoms with Gasteiger partial charge in [-0.25, -0.2) is 4.79 Å². The number of hydrogen-bond donors (Lipinski definition) is 2. The molecule has 29 heavy (non-hydrogen) atoms. The van der Waals surface area contributed by atoms with Crippen LogP contribution in [0.25, 0.3) is 6.08 Å². The molecule has 0 aromatic heterocycles. The van der Waals surface area contributed by atoms with Gasteiger partial charge < -0.3 is 9.84 Å². The topological polar surface area (TPSA) is 95.9 Å². The zero-order valence-electron chi connectivity index (χ0n) is 15.1. The van der Waals surface area contributed by atoms with Crippen molar-refractivity contribution in [3.8, 4) is 5.75 Å². The number of carbonyl (C=O) groups is 3. The van der Waals surface area contributed by atoms with E-state index in [1.807, 2.05) is 0 Å². The summed E-state index contributed by atoms with van der Waals surface area (Å²) in [5.41, 5.74) is 1.32. The van der Waals surface area contributed by atoms with Gasteiger partial charge in [0.15, 0.2) is 5.11 Å². The molecule has 0 unspecified atom stereocenters. The van der Waals surface area contributed by atoms with Crippen molar-refractivity contribution in [1.29, 1.82) is 0 Å². The molecule has 1 aliphatic heterocycles. The van der Waals surface area contributed by atoms with Crippen LogP contribution in [0.2, 0.25) is 5.02 Å². The maximum Gasteiger partial charge on any atom is 0.335 e. The summed E-state index contributed by atoms with van der Waals surface area (Å²) in [4.78, 5) is 36.5. The molecule has 2 aromatic rings. The molecule has 0 atom stereocenters. The van der Waals surface area contributed by atoms with Crippen LogP contribution in [-0.2, 0) is 16.2 Å². The molecular weight excluding hydrogens is 416 g/mol. The lowest BCUT2D eigenvalue weighted by Crippen LogP contribution is -2.52. The number of ether oxygens (including phenoxy) is 1. The standard InChI is InChI=1S/C20H15ClN2O5S/c1-23-18(25)14(17(24)22-20(23)29)8-11-5-6-16(15(21)9-11)28-10-12-3-2-4-13(7-12)19(26)27/h2-9H,10H2,1H3,(H,26,27)(H,22,24,29)/b14-8+. The minimum absolute atomic E-state index is 0.0471. The predicted molar refractivity (Wildman–Crippen MR) is 111 cm³/mol. The van der Waals surface area contributed by atoms with E-state index >= 15 is 0 Å². The average molecular weight is 431 g/mol. The largest absolute Gasteiger partial charge is 0.487 e. The lowest BCUT2D eigenvalue weighted by Gasteiger charge is -2.25. The van der Waals surface area contributed by atoms with E-state index in [-0.39, 0.29) is 27.9 Å². The fourth-order valence-corrected chi connectivity index (χ4v) is 3.01. The zero-order chi connectivity index (χ0) is 21.1. The number of aromatic carboxylic acids is 1. The predicted octanol–water partition coefficient (Wildman–Crippen LogP) is 2.87. The first-order valence-corrected chi connectivity index (χ1v) is 9.14. The van der Waals surface area contributed by atoms with Crippen LogP contribution in [0, 0.1) is 0 Å². The highest BCUT2D eigenvalue weighted by molar-refractivity contribution is 7.80. The zero-order valence-corrected chi connectivity index (χ0v) is 16.7. The van der Waals surface area contributed by atoms with Gasteiger partial charge in [-0.3, -0.25) is 19.8 Å². The first-order chi connectivity index (χ1) is 13.8. The quantitative estimate of drug-likeness (QED) is 0.430. The minimum atomic E-state index is -1.02. The molecule has 0 saturated carbocycles. The van der Waals surface area contributed by atoms with Gasteiger partial charge in [-0.15, -0.1) is 0 Å². The smallest absolute Gasteiger partial charge is 0.335 e. The SMILES string of the molecule is CN1C(=O)/C(=C/c2ccc(OCc3cccc(C(=O)O)c3)c(Cl)c2)C(=O)NC1=S. The number of rotatable bonds is 5. The lowest BCUT2D eigenvalue weighted by atomic mass is 10.1. The van der Waals surface area contributed by atoms with E-state index in [9.17, 15) is 14.4 Å². The summed E-state index contributed by atoms with van der Waals surface area (Å²) in [6.45, 7) is 0.129. The third-order valence-corrected chi connectivity index (χ3v) is 4.81. The summed E-state index contributed by atoms with van der Waals surface area (Å²) in [5, 5.41) is 11.8. The lowest BCUT2D eigenvalue weighted by molar-refractivity contribution is -0.128. The van der Waals surface area contributed by atoms with Crippen LogP contribution in [0.15, 0.2) is 48.0 Å². The number of halogens is 1. The first kappa shape index (κ1) is 20.5. The van der Waals surface area contributed by atoms with E-state index in [1.165, 1.54) is 30.2 Å². The summed E-state index contributed by atoms with van der Waals surface area (Å²) in [6, 6.07) is 11.2. The second-order valence-corrected chi connectivity index (χ2v) is 6.96. The monoisotopic (exact) mass is 430 g/mol. The number of thiocarbonyl (C=S) groups is 1. The molecule has 1 saturated heterocycles. The molecule has 2 amide bonds. The van der Waals surface area contributed by atoms with Crippen molar-refractivity contribution in [3.63, 3.8) is 0 Å². The highest BCUT2D eigenvalue weighted by Crippen LogP contribution is 2.28. The number of carboxylic acid groups (broad SMARTS) is 1. The Labute approximate surface area is 176 Å². The van der Waals surface area contributed by atoms with Crippen LogP contribution >= 0.6 is 23.8 Å². The highest BCUT2D eigenvalue weighted by atomic mass is 35.5. The van der Waals surface area contributed by atoms with E-state index in [0.717, 1.165) is 0 Å². The van der Waals surface area contributed by atoms with Crippen LogP contribution in [0.3, 0.4) is 0 Å². The van der Waals surface area contributed by atoms with Crippen LogP contribution in [-0.4, -0.2) is 40.0 Å². The van der Waals surface area contributed by atoms with Gasteiger partial charge in [-0.2, -0.15) is 0 Å². The second-order valence-electron chi connectivity index (χ2n) is 6.17. The van der Waals surface area contributed by atoms with Gasteiger partial charge in [-0.1, -0.05) is 29.8 Å². The number of carboxylic acids is 1. The van der Waals surface area contributed by atoms with Crippen molar-refractivity contribution >= 4 is 52.8 Å². The number of amides is 2. The van der Waals surface area contributed by atoms with Gasteiger partial charge in [0.2, 0.25) is 0 Å². The summed E-state index contributed by atoms with van der Waals surface area (Å²) >= 11 is 11.2.